The van der Waals surface area contributed by atoms with Crippen molar-refractivity contribution >= 4 is 5.91 Å². The highest BCUT2D eigenvalue weighted by molar-refractivity contribution is 5.73. The molecule has 1 saturated heterocycles. The molecule has 0 aliphatic carbocycles. The van der Waals surface area contributed by atoms with E-state index in [4.69, 9.17) is 4.74 Å². The topological polar surface area (TPSA) is 29.5 Å². The molecule has 0 radical (unpaired) electrons. The Kier molecular flexibility index (Phi) is 3.45. The largest absolute Gasteiger partial charge is 0.490 e. The lowest BCUT2D eigenvalue weighted by Crippen LogP contribution is -2.36. The van der Waals surface area contributed by atoms with E-state index < -0.39 is 0 Å². The van der Waals surface area contributed by atoms with Gasteiger partial charge in [-0.05, 0) is 49.8 Å². The van der Waals surface area contributed by atoms with Gasteiger partial charge in [0.1, 0.15) is 11.9 Å². The number of hydrogen-bond acceptors (Lipinski definition) is 2. The van der Waals surface area contributed by atoms with Crippen LogP contribution in [0.3, 0.4) is 0 Å². The second-order valence-electron chi connectivity index (χ2n) is 6.19. The quantitative estimate of drug-likeness (QED) is 0.787. The van der Waals surface area contributed by atoms with Crippen molar-refractivity contribution < 1.29 is 9.53 Å². The lowest BCUT2D eigenvalue weighted by molar-refractivity contribution is -0.129. The van der Waals surface area contributed by atoms with Crippen LogP contribution in [0.15, 0.2) is 12.1 Å². The second kappa shape index (κ2) is 5.12. The molecule has 0 N–H and O–H groups in total. The van der Waals surface area contributed by atoms with Gasteiger partial charge in [-0.25, -0.2) is 0 Å². The summed E-state index contributed by atoms with van der Waals surface area (Å²) in [5, 5.41) is 0. The number of likely N-dealkylation sites (tertiary alicyclic amines) is 1. The molecule has 1 aromatic rings. The summed E-state index contributed by atoms with van der Waals surface area (Å²) in [6.07, 6.45) is 3.47. The summed E-state index contributed by atoms with van der Waals surface area (Å²) in [4.78, 5) is 13.4. The van der Waals surface area contributed by atoms with Crippen LogP contribution >= 0.6 is 0 Å². The van der Waals surface area contributed by atoms with Gasteiger partial charge in [0.2, 0.25) is 5.91 Å². The van der Waals surface area contributed by atoms with E-state index in [1.165, 1.54) is 16.7 Å². The van der Waals surface area contributed by atoms with Gasteiger partial charge < -0.3 is 9.64 Å². The zero-order valence-electron chi connectivity index (χ0n) is 12.6. The van der Waals surface area contributed by atoms with Crippen molar-refractivity contribution in [3.8, 4) is 5.75 Å². The third kappa shape index (κ3) is 2.30. The van der Waals surface area contributed by atoms with E-state index in [1.807, 2.05) is 4.90 Å². The molecule has 0 unspecified atom stereocenters. The Morgan fingerprint density at radius 2 is 2.00 bits per heavy atom. The van der Waals surface area contributed by atoms with Gasteiger partial charge in [-0.15, -0.1) is 0 Å². The highest BCUT2D eigenvalue weighted by atomic mass is 16.5. The minimum atomic E-state index is 0.204. The molecule has 1 fully saturated rings. The molecule has 0 aromatic heterocycles. The van der Waals surface area contributed by atoms with E-state index in [2.05, 4.69) is 26.0 Å². The van der Waals surface area contributed by atoms with Crippen molar-refractivity contribution in [3.63, 3.8) is 0 Å². The molecule has 2 aliphatic heterocycles. The smallest absolute Gasteiger partial charge is 0.219 e. The van der Waals surface area contributed by atoms with E-state index in [0.29, 0.717) is 12.0 Å². The number of fused-ring (bicyclic) bond motifs is 1. The second-order valence-corrected chi connectivity index (χ2v) is 6.19. The van der Waals surface area contributed by atoms with Gasteiger partial charge in [0.15, 0.2) is 0 Å². The Bertz CT molecular complexity index is 530. The van der Waals surface area contributed by atoms with Crippen molar-refractivity contribution in [2.45, 2.75) is 52.1 Å². The van der Waals surface area contributed by atoms with Crippen molar-refractivity contribution in [2.24, 2.45) is 0 Å². The maximum Gasteiger partial charge on any atom is 0.219 e. The lowest BCUT2D eigenvalue weighted by Gasteiger charge is -2.33. The van der Waals surface area contributed by atoms with E-state index in [9.17, 15) is 4.79 Å². The number of carbonyl (C=O) groups is 1. The Labute approximate surface area is 120 Å². The van der Waals surface area contributed by atoms with Gasteiger partial charge in [-0.2, -0.15) is 0 Å². The number of hydrogen-bond donors (Lipinski definition) is 0. The zero-order valence-corrected chi connectivity index (χ0v) is 12.6. The fourth-order valence-corrected chi connectivity index (χ4v) is 3.68. The fourth-order valence-electron chi connectivity index (χ4n) is 3.68. The average molecular weight is 273 g/mol. The monoisotopic (exact) mass is 273 g/mol. The summed E-state index contributed by atoms with van der Waals surface area (Å²) in [5.74, 6) is 1.86. The molecule has 108 valence electrons. The molecule has 0 saturated carbocycles. The molecule has 1 amide bonds. The maximum atomic E-state index is 11.4. The number of carbonyl (C=O) groups excluding carboxylic acids is 1. The standard InChI is InChI=1S/C17H23NO2/c1-11-4-5-16-15(10-12(2)20-16)17(11)14-6-8-18(9-7-14)13(3)19/h4-5,12,14H,6-10H2,1-3H3/t12-/m0/s1. The van der Waals surface area contributed by atoms with Gasteiger partial charge in [-0.3, -0.25) is 4.79 Å². The third-order valence-electron chi connectivity index (χ3n) is 4.70. The predicted octanol–water partition coefficient (Wildman–Crippen LogP) is 3.04. The van der Waals surface area contributed by atoms with E-state index in [1.54, 1.807) is 6.92 Å². The Morgan fingerprint density at radius 1 is 1.30 bits per heavy atom. The first kappa shape index (κ1) is 13.5. The molecule has 0 bridgehead atoms. The van der Waals surface area contributed by atoms with Gasteiger partial charge >= 0.3 is 0 Å². The molecular formula is C17H23NO2. The Balaban J connectivity index is 1.85. The highest BCUT2D eigenvalue weighted by Crippen LogP contribution is 2.40. The van der Waals surface area contributed by atoms with Gasteiger partial charge in [0.25, 0.3) is 0 Å². The maximum absolute atomic E-state index is 11.4. The van der Waals surface area contributed by atoms with Crippen LogP contribution in [0.5, 0.6) is 5.75 Å². The molecule has 1 aromatic carbocycles. The molecule has 2 aliphatic rings. The summed E-state index contributed by atoms with van der Waals surface area (Å²) in [6, 6.07) is 4.30. The van der Waals surface area contributed by atoms with Crippen LogP contribution in [0, 0.1) is 6.92 Å². The van der Waals surface area contributed by atoms with Crippen LogP contribution in [0.4, 0.5) is 0 Å². The van der Waals surface area contributed by atoms with Crippen molar-refractivity contribution in [3.05, 3.63) is 28.8 Å². The third-order valence-corrected chi connectivity index (χ3v) is 4.70. The van der Waals surface area contributed by atoms with E-state index in [-0.39, 0.29) is 5.91 Å². The summed E-state index contributed by atoms with van der Waals surface area (Å²) in [7, 11) is 0. The molecule has 0 spiro atoms. The van der Waals surface area contributed by atoms with E-state index in [0.717, 1.165) is 38.1 Å². The van der Waals surface area contributed by atoms with Crippen molar-refractivity contribution in [2.75, 3.05) is 13.1 Å². The van der Waals surface area contributed by atoms with Crippen LogP contribution in [0.2, 0.25) is 0 Å². The Hall–Kier alpha value is -1.51. The lowest BCUT2D eigenvalue weighted by atomic mass is 9.83. The molecule has 3 rings (SSSR count). The fraction of sp³-hybridized carbons (Fsp3) is 0.588. The first-order valence-electron chi connectivity index (χ1n) is 7.61. The van der Waals surface area contributed by atoms with Crippen LogP contribution in [0.25, 0.3) is 0 Å². The number of nitrogens with zero attached hydrogens (tertiary/aromatic N) is 1. The number of benzene rings is 1. The molecule has 20 heavy (non-hydrogen) atoms. The minimum absolute atomic E-state index is 0.204. The summed E-state index contributed by atoms with van der Waals surface area (Å²) < 4.78 is 5.89. The minimum Gasteiger partial charge on any atom is -0.490 e. The first-order valence-corrected chi connectivity index (χ1v) is 7.61. The van der Waals surface area contributed by atoms with Crippen molar-refractivity contribution in [1.29, 1.82) is 0 Å². The molecule has 3 heteroatoms. The summed E-state index contributed by atoms with van der Waals surface area (Å²) >= 11 is 0. The highest BCUT2D eigenvalue weighted by Gasteiger charge is 2.29. The normalized spacial score (nSPS) is 22.6. The van der Waals surface area contributed by atoms with Crippen molar-refractivity contribution in [1.82, 2.24) is 4.90 Å². The number of aryl methyl sites for hydroxylation is 1. The first-order chi connectivity index (χ1) is 9.56. The van der Waals surface area contributed by atoms with E-state index >= 15 is 0 Å². The van der Waals surface area contributed by atoms with Gasteiger partial charge in [-0.1, -0.05) is 6.07 Å². The predicted molar refractivity (Wildman–Crippen MR) is 79.2 cm³/mol. The number of ether oxygens (including phenoxy) is 1. The van der Waals surface area contributed by atoms with Crippen LogP contribution < -0.4 is 4.74 Å². The van der Waals surface area contributed by atoms with Gasteiger partial charge in [0, 0.05) is 32.0 Å². The van der Waals surface area contributed by atoms with Crippen LogP contribution in [-0.4, -0.2) is 30.0 Å². The molecule has 3 nitrogen and oxygen atoms in total. The summed E-state index contributed by atoms with van der Waals surface area (Å²) in [5.41, 5.74) is 4.29. The summed E-state index contributed by atoms with van der Waals surface area (Å²) in [6.45, 7) is 7.79. The van der Waals surface area contributed by atoms with Gasteiger partial charge in [0.05, 0.1) is 0 Å². The average Bonchev–Trinajstić information content (AvgIpc) is 2.79. The zero-order chi connectivity index (χ0) is 14.3. The number of rotatable bonds is 1. The number of amides is 1. The van der Waals surface area contributed by atoms with Crippen LogP contribution in [0.1, 0.15) is 49.3 Å². The Morgan fingerprint density at radius 3 is 2.65 bits per heavy atom. The molecule has 1 atom stereocenters. The molecule has 2 heterocycles. The SMILES string of the molecule is CC(=O)N1CCC(c2c(C)ccc3c2C[C@H](C)O3)CC1. The molecular weight excluding hydrogens is 250 g/mol. The number of piperidine rings is 1. The van der Waals surface area contributed by atoms with Crippen LogP contribution in [-0.2, 0) is 11.2 Å².